The number of rotatable bonds is 2. The summed E-state index contributed by atoms with van der Waals surface area (Å²) in [4.78, 5) is 4.44. The fourth-order valence-corrected chi connectivity index (χ4v) is 0.985. The first-order valence-electron chi connectivity index (χ1n) is 3.62. The van der Waals surface area contributed by atoms with Crippen LogP contribution in [0.5, 0.6) is 11.5 Å². The summed E-state index contributed by atoms with van der Waals surface area (Å²) in [6.07, 6.45) is 0. The molecule has 0 atom stereocenters. The van der Waals surface area contributed by atoms with Crippen LogP contribution in [-0.2, 0) is 4.84 Å². The summed E-state index contributed by atoms with van der Waals surface area (Å²) in [6, 6.07) is 2.85. The molecule has 0 spiro atoms. The number of benzene rings is 1. The van der Waals surface area contributed by atoms with Crippen molar-refractivity contribution in [3.05, 3.63) is 17.7 Å². The minimum Gasteiger partial charge on any atom is -0.504 e. The van der Waals surface area contributed by atoms with Gasteiger partial charge in [-0.2, -0.15) is 0 Å². The van der Waals surface area contributed by atoms with E-state index in [2.05, 4.69) is 4.84 Å². The smallest absolute Gasteiger partial charge is 0.186 e. The van der Waals surface area contributed by atoms with Crippen LogP contribution in [0.4, 0.5) is 5.69 Å². The Bertz CT molecular complexity index is 313. The zero-order chi connectivity index (χ0) is 10.0. The molecular weight excluding hydrogens is 174 g/mol. The monoisotopic (exact) mass is 185 g/mol. The van der Waals surface area contributed by atoms with Gasteiger partial charge in [-0.1, -0.05) is 0 Å². The summed E-state index contributed by atoms with van der Waals surface area (Å²) in [5, 5.41) is 27.9. The number of nitrogens with zero attached hydrogens (tertiary/aromatic N) is 1. The van der Waals surface area contributed by atoms with E-state index in [1.54, 1.807) is 6.92 Å². The van der Waals surface area contributed by atoms with E-state index in [4.69, 9.17) is 5.21 Å². The van der Waals surface area contributed by atoms with Crippen LogP contribution in [-0.4, -0.2) is 22.5 Å². The lowest BCUT2D eigenvalue weighted by molar-refractivity contribution is -0.0120. The molecule has 0 heterocycles. The molecule has 72 valence electrons. The Morgan fingerprint density at radius 2 is 1.92 bits per heavy atom. The highest BCUT2D eigenvalue weighted by Crippen LogP contribution is 2.36. The molecule has 0 aliphatic carbocycles. The molecule has 1 aromatic carbocycles. The second kappa shape index (κ2) is 3.51. The highest BCUT2D eigenvalue weighted by atomic mass is 16.9. The lowest BCUT2D eigenvalue weighted by Crippen LogP contribution is -2.15. The van der Waals surface area contributed by atoms with Gasteiger partial charge in [-0.15, -0.1) is 5.23 Å². The first-order valence-corrected chi connectivity index (χ1v) is 3.62. The first-order chi connectivity index (χ1) is 6.06. The maximum Gasteiger partial charge on any atom is 0.186 e. The summed E-state index contributed by atoms with van der Waals surface area (Å²) >= 11 is 0. The third-order valence-electron chi connectivity index (χ3n) is 1.59. The Kier molecular flexibility index (Phi) is 2.60. The van der Waals surface area contributed by atoms with Crippen LogP contribution in [0.2, 0.25) is 0 Å². The van der Waals surface area contributed by atoms with Gasteiger partial charge >= 0.3 is 0 Å². The van der Waals surface area contributed by atoms with E-state index in [1.807, 2.05) is 0 Å². The predicted molar refractivity (Wildman–Crippen MR) is 45.8 cm³/mol. The van der Waals surface area contributed by atoms with Crippen LogP contribution in [0.25, 0.3) is 0 Å². The van der Waals surface area contributed by atoms with Gasteiger partial charge in [0.2, 0.25) is 0 Å². The fraction of sp³-hybridized carbons (Fsp3) is 0.250. The number of phenolic OH excluding ortho intramolecular Hbond substituents is 2. The fourth-order valence-electron chi connectivity index (χ4n) is 0.985. The van der Waals surface area contributed by atoms with Gasteiger partial charge in [0.1, 0.15) is 5.69 Å². The van der Waals surface area contributed by atoms with Crippen molar-refractivity contribution in [3.63, 3.8) is 0 Å². The van der Waals surface area contributed by atoms with Crippen molar-refractivity contribution >= 4 is 5.69 Å². The molecule has 5 heteroatoms. The lowest BCUT2D eigenvalue weighted by Gasteiger charge is -2.15. The van der Waals surface area contributed by atoms with Gasteiger partial charge < -0.3 is 10.2 Å². The molecule has 0 radical (unpaired) electrons. The van der Waals surface area contributed by atoms with E-state index in [-0.39, 0.29) is 11.4 Å². The molecule has 0 aliphatic rings. The van der Waals surface area contributed by atoms with Crippen LogP contribution in [0.15, 0.2) is 12.1 Å². The number of aryl methyl sites for hydroxylation is 1. The standard InChI is InChI=1S/C8H11NO4/c1-5-3-6(9(12)13-2)8(11)7(10)4-5/h3-4,10-12H,1-2H3. The average molecular weight is 185 g/mol. The third-order valence-corrected chi connectivity index (χ3v) is 1.59. The van der Waals surface area contributed by atoms with Crippen molar-refractivity contribution in [1.29, 1.82) is 0 Å². The second-order valence-electron chi connectivity index (χ2n) is 2.61. The van der Waals surface area contributed by atoms with E-state index in [1.165, 1.54) is 19.2 Å². The van der Waals surface area contributed by atoms with Crippen molar-refractivity contribution < 1.29 is 20.3 Å². The molecule has 1 aromatic rings. The van der Waals surface area contributed by atoms with E-state index >= 15 is 0 Å². The number of phenols is 2. The summed E-state index contributed by atoms with van der Waals surface area (Å²) in [5.41, 5.74) is 0.696. The molecule has 0 aliphatic heterocycles. The Hall–Kier alpha value is -1.46. The van der Waals surface area contributed by atoms with Crippen molar-refractivity contribution in [2.24, 2.45) is 0 Å². The summed E-state index contributed by atoms with van der Waals surface area (Å²) in [6.45, 7) is 1.71. The number of hydrogen-bond acceptors (Lipinski definition) is 5. The highest BCUT2D eigenvalue weighted by molar-refractivity contribution is 5.62. The maximum absolute atomic E-state index is 9.29. The molecule has 0 saturated heterocycles. The molecular formula is C8H11NO4. The SMILES string of the molecule is CON(O)c1cc(C)cc(O)c1O. The van der Waals surface area contributed by atoms with Gasteiger partial charge in [0.25, 0.3) is 0 Å². The molecule has 5 nitrogen and oxygen atoms in total. The normalized spacial score (nSPS) is 10.1. The van der Waals surface area contributed by atoms with Crippen molar-refractivity contribution in [2.45, 2.75) is 6.92 Å². The Morgan fingerprint density at radius 3 is 2.46 bits per heavy atom. The van der Waals surface area contributed by atoms with Crippen LogP contribution >= 0.6 is 0 Å². The number of hydrogen-bond donors (Lipinski definition) is 3. The molecule has 13 heavy (non-hydrogen) atoms. The van der Waals surface area contributed by atoms with Gasteiger partial charge in [-0.05, 0) is 24.6 Å². The Morgan fingerprint density at radius 1 is 1.31 bits per heavy atom. The minimum absolute atomic E-state index is 0.000000000000000222. The molecule has 0 unspecified atom stereocenters. The van der Waals surface area contributed by atoms with Crippen molar-refractivity contribution in [2.75, 3.05) is 12.3 Å². The van der Waals surface area contributed by atoms with Gasteiger partial charge in [-0.25, -0.2) is 0 Å². The Labute approximate surface area is 75.3 Å². The van der Waals surface area contributed by atoms with Gasteiger partial charge in [-0.3, -0.25) is 10.0 Å². The molecule has 0 bridgehead atoms. The van der Waals surface area contributed by atoms with Gasteiger partial charge in [0.15, 0.2) is 11.5 Å². The van der Waals surface area contributed by atoms with Gasteiger partial charge in [0.05, 0.1) is 7.11 Å². The topological polar surface area (TPSA) is 73.2 Å². The average Bonchev–Trinajstić information content (AvgIpc) is 2.10. The molecule has 1 rings (SSSR count). The minimum atomic E-state index is -0.421. The van der Waals surface area contributed by atoms with E-state index in [0.717, 1.165) is 0 Å². The highest BCUT2D eigenvalue weighted by Gasteiger charge is 2.12. The summed E-state index contributed by atoms with van der Waals surface area (Å²) in [7, 11) is 1.23. The lowest BCUT2D eigenvalue weighted by atomic mass is 10.2. The van der Waals surface area contributed by atoms with Gasteiger partial charge in [0, 0.05) is 0 Å². The Balaban J connectivity index is 3.20. The van der Waals surface area contributed by atoms with Crippen molar-refractivity contribution in [1.82, 2.24) is 0 Å². The molecule has 3 N–H and O–H groups in total. The molecule has 0 amide bonds. The van der Waals surface area contributed by atoms with E-state index in [9.17, 15) is 10.2 Å². The van der Waals surface area contributed by atoms with E-state index in [0.29, 0.717) is 10.8 Å². The molecule has 0 fully saturated rings. The van der Waals surface area contributed by atoms with E-state index < -0.39 is 5.75 Å². The third kappa shape index (κ3) is 1.82. The zero-order valence-corrected chi connectivity index (χ0v) is 7.35. The maximum atomic E-state index is 9.29. The zero-order valence-electron chi connectivity index (χ0n) is 7.35. The predicted octanol–water partition coefficient (Wildman–Crippen LogP) is 1.16. The second-order valence-corrected chi connectivity index (χ2v) is 2.61. The number of aromatic hydroxyl groups is 2. The van der Waals surface area contributed by atoms with Crippen LogP contribution in [0, 0.1) is 6.92 Å². The summed E-state index contributed by atoms with van der Waals surface area (Å²) in [5.74, 6) is -0.721. The summed E-state index contributed by atoms with van der Waals surface area (Å²) < 4.78 is 0. The van der Waals surface area contributed by atoms with Crippen LogP contribution in [0.3, 0.4) is 0 Å². The first kappa shape index (κ1) is 9.63. The largest absolute Gasteiger partial charge is 0.504 e. The van der Waals surface area contributed by atoms with Crippen LogP contribution < -0.4 is 5.23 Å². The molecule has 0 saturated carbocycles. The number of anilines is 1. The van der Waals surface area contributed by atoms with Crippen molar-refractivity contribution in [3.8, 4) is 11.5 Å². The van der Waals surface area contributed by atoms with Crippen LogP contribution in [0.1, 0.15) is 5.56 Å². The molecule has 0 aromatic heterocycles. The quantitative estimate of drug-likeness (QED) is 0.476.